The summed E-state index contributed by atoms with van der Waals surface area (Å²) >= 11 is 0. The molecule has 2 aromatic rings. The van der Waals surface area contributed by atoms with Gasteiger partial charge >= 0.3 is 0 Å². The minimum Gasteiger partial charge on any atom is -0.497 e. The maximum Gasteiger partial charge on any atom is 0.277 e. The Morgan fingerprint density at radius 3 is 1.84 bits per heavy atom. The molecule has 1 aliphatic heterocycles. The Morgan fingerprint density at radius 1 is 0.774 bits per heavy atom. The first-order chi connectivity index (χ1) is 15.0. The molecule has 0 amide bonds. The fraction of sp³-hybridized carbons (Fsp3) is 0.455. The molecular formula is C22H29N3O6. The van der Waals surface area contributed by atoms with Crippen LogP contribution in [0.25, 0.3) is 0 Å². The van der Waals surface area contributed by atoms with Gasteiger partial charge in [0.25, 0.3) is 5.69 Å². The largest absolute Gasteiger partial charge is 0.497 e. The lowest BCUT2D eigenvalue weighted by Gasteiger charge is -2.35. The van der Waals surface area contributed by atoms with E-state index < -0.39 is 0 Å². The van der Waals surface area contributed by atoms with Crippen LogP contribution in [0.5, 0.6) is 23.0 Å². The number of benzene rings is 2. The topological polar surface area (TPSA) is 86.5 Å². The lowest BCUT2D eigenvalue weighted by atomic mass is 10.1. The Morgan fingerprint density at radius 2 is 1.32 bits per heavy atom. The van der Waals surface area contributed by atoms with Crippen LogP contribution in [-0.4, -0.2) is 69.3 Å². The van der Waals surface area contributed by atoms with E-state index in [1.54, 1.807) is 20.3 Å². The third kappa shape index (κ3) is 5.36. The molecule has 1 saturated heterocycles. The van der Waals surface area contributed by atoms with Crippen molar-refractivity contribution in [2.24, 2.45) is 0 Å². The second-order valence-corrected chi connectivity index (χ2v) is 7.32. The molecular weight excluding hydrogens is 402 g/mol. The minimum atomic E-state index is -0.372. The number of nitro groups is 1. The molecule has 1 aliphatic rings. The summed E-state index contributed by atoms with van der Waals surface area (Å²) in [4.78, 5) is 15.7. The van der Waals surface area contributed by atoms with Crippen molar-refractivity contribution in [1.29, 1.82) is 0 Å². The highest BCUT2D eigenvalue weighted by Crippen LogP contribution is 2.35. The van der Waals surface area contributed by atoms with Crippen LogP contribution in [0.1, 0.15) is 11.1 Å². The molecule has 9 nitrogen and oxygen atoms in total. The van der Waals surface area contributed by atoms with E-state index in [0.29, 0.717) is 23.6 Å². The average Bonchev–Trinajstić information content (AvgIpc) is 2.79. The van der Waals surface area contributed by atoms with Gasteiger partial charge in [-0.05, 0) is 24.3 Å². The molecule has 3 rings (SSSR count). The Kier molecular flexibility index (Phi) is 7.54. The first-order valence-corrected chi connectivity index (χ1v) is 10.0. The molecule has 0 atom stereocenters. The van der Waals surface area contributed by atoms with E-state index in [1.807, 2.05) is 18.2 Å². The third-order valence-corrected chi connectivity index (χ3v) is 5.52. The number of piperazine rings is 1. The van der Waals surface area contributed by atoms with Gasteiger partial charge in [-0.15, -0.1) is 0 Å². The number of methoxy groups -OCH3 is 4. The molecule has 0 unspecified atom stereocenters. The zero-order valence-electron chi connectivity index (χ0n) is 18.4. The van der Waals surface area contributed by atoms with E-state index in [0.717, 1.165) is 49.8 Å². The smallest absolute Gasteiger partial charge is 0.277 e. The van der Waals surface area contributed by atoms with Crippen LogP contribution in [0, 0.1) is 10.1 Å². The van der Waals surface area contributed by atoms with Crippen LogP contribution < -0.4 is 18.9 Å². The lowest BCUT2D eigenvalue weighted by Crippen LogP contribution is -2.45. The Bertz CT molecular complexity index is 912. The highest BCUT2D eigenvalue weighted by molar-refractivity contribution is 5.54. The van der Waals surface area contributed by atoms with E-state index in [-0.39, 0.29) is 10.6 Å². The predicted octanol–water partition coefficient (Wildman–Crippen LogP) is 2.95. The zero-order valence-corrected chi connectivity index (χ0v) is 18.4. The van der Waals surface area contributed by atoms with Crippen LogP contribution in [0.4, 0.5) is 5.69 Å². The van der Waals surface area contributed by atoms with Gasteiger partial charge in [-0.3, -0.25) is 19.9 Å². The number of nitrogens with zero attached hydrogens (tertiary/aromatic N) is 3. The van der Waals surface area contributed by atoms with Gasteiger partial charge in [-0.1, -0.05) is 0 Å². The summed E-state index contributed by atoms with van der Waals surface area (Å²) in [6.07, 6.45) is 0. The van der Waals surface area contributed by atoms with Crippen molar-refractivity contribution in [3.63, 3.8) is 0 Å². The summed E-state index contributed by atoms with van der Waals surface area (Å²) in [5.41, 5.74) is 1.73. The Hall–Kier alpha value is -3.04. The van der Waals surface area contributed by atoms with Crippen LogP contribution in [-0.2, 0) is 13.1 Å². The molecule has 2 aromatic carbocycles. The van der Waals surface area contributed by atoms with Gasteiger partial charge in [0.15, 0.2) is 11.5 Å². The van der Waals surface area contributed by atoms with Gasteiger partial charge in [-0.25, -0.2) is 0 Å². The van der Waals surface area contributed by atoms with Crippen LogP contribution in [0.15, 0.2) is 30.3 Å². The summed E-state index contributed by atoms with van der Waals surface area (Å²) in [5, 5.41) is 11.6. The average molecular weight is 431 g/mol. The number of hydrogen-bond donors (Lipinski definition) is 0. The fourth-order valence-electron chi connectivity index (χ4n) is 3.80. The van der Waals surface area contributed by atoms with E-state index >= 15 is 0 Å². The number of ether oxygens (including phenoxy) is 4. The molecule has 0 bridgehead atoms. The van der Waals surface area contributed by atoms with Crippen LogP contribution in [0.3, 0.4) is 0 Å². The lowest BCUT2D eigenvalue weighted by molar-refractivity contribution is -0.385. The van der Waals surface area contributed by atoms with Gasteiger partial charge in [0.05, 0.1) is 39.4 Å². The van der Waals surface area contributed by atoms with E-state index in [1.165, 1.54) is 20.3 Å². The number of hydrogen-bond acceptors (Lipinski definition) is 8. The summed E-state index contributed by atoms with van der Waals surface area (Å²) < 4.78 is 21.4. The van der Waals surface area contributed by atoms with E-state index in [4.69, 9.17) is 18.9 Å². The molecule has 0 spiro atoms. The van der Waals surface area contributed by atoms with Crippen molar-refractivity contribution in [2.75, 3.05) is 54.6 Å². The maximum atomic E-state index is 11.6. The second kappa shape index (κ2) is 10.3. The maximum absolute atomic E-state index is 11.6. The highest BCUT2D eigenvalue weighted by Gasteiger charge is 2.24. The van der Waals surface area contributed by atoms with Crippen molar-refractivity contribution in [2.45, 2.75) is 13.1 Å². The SMILES string of the molecule is COc1ccc(OC)c(CN2CCN(Cc3cc(OC)c(OC)cc3[N+](=O)[O-])CC2)c1. The fourth-order valence-corrected chi connectivity index (χ4v) is 3.80. The van der Waals surface area contributed by atoms with Crippen molar-refractivity contribution >= 4 is 5.69 Å². The van der Waals surface area contributed by atoms with E-state index in [2.05, 4.69) is 9.80 Å². The molecule has 0 saturated carbocycles. The molecule has 31 heavy (non-hydrogen) atoms. The minimum absolute atomic E-state index is 0.0428. The quantitative estimate of drug-likeness (QED) is 0.443. The van der Waals surface area contributed by atoms with E-state index in [9.17, 15) is 10.1 Å². The number of rotatable bonds is 9. The summed E-state index contributed by atoms with van der Waals surface area (Å²) in [6.45, 7) is 4.54. The second-order valence-electron chi connectivity index (χ2n) is 7.32. The van der Waals surface area contributed by atoms with Crippen molar-refractivity contribution < 1.29 is 23.9 Å². The molecule has 1 fully saturated rings. The first kappa shape index (κ1) is 22.6. The van der Waals surface area contributed by atoms with Crippen LogP contribution >= 0.6 is 0 Å². The third-order valence-electron chi connectivity index (χ3n) is 5.52. The zero-order chi connectivity index (χ0) is 22.4. The number of nitro benzene ring substituents is 1. The Labute approximate surface area is 182 Å². The normalized spacial score (nSPS) is 14.8. The van der Waals surface area contributed by atoms with Gasteiger partial charge < -0.3 is 18.9 Å². The monoisotopic (exact) mass is 431 g/mol. The van der Waals surface area contributed by atoms with Gasteiger partial charge in [0, 0.05) is 50.4 Å². The highest BCUT2D eigenvalue weighted by atomic mass is 16.6. The predicted molar refractivity (Wildman–Crippen MR) is 116 cm³/mol. The molecule has 0 N–H and O–H groups in total. The molecule has 9 heteroatoms. The van der Waals surface area contributed by atoms with Crippen molar-refractivity contribution in [1.82, 2.24) is 9.80 Å². The molecule has 0 aliphatic carbocycles. The molecule has 0 aromatic heterocycles. The molecule has 1 heterocycles. The standard InChI is InChI=1S/C22H29N3O6/c1-28-18-5-6-20(29-2)17(11-18)15-24-9-7-23(8-10-24)14-16-12-21(30-3)22(31-4)13-19(16)25(26)27/h5-6,11-13H,7-10,14-15H2,1-4H3. The summed E-state index contributed by atoms with van der Waals surface area (Å²) in [5.74, 6) is 2.49. The van der Waals surface area contributed by atoms with Crippen molar-refractivity contribution in [3.05, 3.63) is 51.6 Å². The van der Waals surface area contributed by atoms with Gasteiger partial charge in [0.1, 0.15) is 11.5 Å². The van der Waals surface area contributed by atoms with Crippen molar-refractivity contribution in [3.8, 4) is 23.0 Å². The molecule has 0 radical (unpaired) electrons. The van der Waals surface area contributed by atoms with Gasteiger partial charge in [-0.2, -0.15) is 0 Å². The van der Waals surface area contributed by atoms with Gasteiger partial charge in [0.2, 0.25) is 0 Å². The Balaban J connectivity index is 1.66. The van der Waals surface area contributed by atoms with Crippen LogP contribution in [0.2, 0.25) is 0 Å². The molecule has 168 valence electrons. The summed E-state index contributed by atoms with van der Waals surface area (Å²) in [6, 6.07) is 8.93. The first-order valence-electron chi connectivity index (χ1n) is 10.0. The summed E-state index contributed by atoms with van der Waals surface area (Å²) in [7, 11) is 6.31.